The Morgan fingerprint density at radius 2 is 1.83 bits per heavy atom. The van der Waals surface area contributed by atoms with E-state index in [1.165, 1.54) is 29.2 Å². The summed E-state index contributed by atoms with van der Waals surface area (Å²) in [6.45, 7) is -0.0173. The number of halogens is 4. The van der Waals surface area contributed by atoms with E-state index in [1.807, 2.05) is 0 Å². The lowest BCUT2D eigenvalue weighted by Gasteiger charge is -2.27. The Hall–Kier alpha value is -2.41. The van der Waals surface area contributed by atoms with Crippen LogP contribution in [0.4, 0.5) is 28.9 Å². The SMILES string of the molecule is N[C@H]1CN(c2cccc(C(F)(F)F)c2)c2cccc(F)c2CC1=O. The monoisotopic (exact) mass is 338 g/mol. The van der Waals surface area contributed by atoms with Crippen LogP contribution in [0, 0.1) is 5.82 Å². The van der Waals surface area contributed by atoms with Crippen molar-refractivity contribution in [2.45, 2.75) is 18.6 Å². The molecule has 0 fully saturated rings. The second-order valence-corrected chi connectivity index (χ2v) is 5.65. The highest BCUT2D eigenvalue weighted by atomic mass is 19.4. The predicted octanol–water partition coefficient (Wildman–Crippen LogP) is 3.44. The molecule has 0 spiro atoms. The number of anilines is 2. The summed E-state index contributed by atoms with van der Waals surface area (Å²) >= 11 is 0. The summed E-state index contributed by atoms with van der Waals surface area (Å²) in [5.74, 6) is -0.928. The van der Waals surface area contributed by atoms with Crippen LogP contribution in [0.5, 0.6) is 0 Å². The van der Waals surface area contributed by atoms with Crippen molar-refractivity contribution >= 4 is 17.2 Å². The van der Waals surface area contributed by atoms with Crippen LogP contribution in [0.25, 0.3) is 0 Å². The van der Waals surface area contributed by atoms with Gasteiger partial charge >= 0.3 is 6.18 Å². The maximum absolute atomic E-state index is 14.1. The highest BCUT2D eigenvalue weighted by Crippen LogP contribution is 2.36. The number of hydrogen-bond donors (Lipinski definition) is 1. The van der Waals surface area contributed by atoms with Crippen molar-refractivity contribution in [1.82, 2.24) is 0 Å². The number of carbonyl (C=O) groups excluding carboxylic acids is 1. The molecular weight excluding hydrogens is 324 g/mol. The summed E-state index contributed by atoms with van der Waals surface area (Å²) < 4.78 is 53.0. The van der Waals surface area contributed by atoms with Gasteiger partial charge in [-0.1, -0.05) is 12.1 Å². The quantitative estimate of drug-likeness (QED) is 0.811. The van der Waals surface area contributed by atoms with E-state index in [2.05, 4.69) is 0 Å². The molecule has 2 aromatic rings. The minimum Gasteiger partial charge on any atom is -0.339 e. The number of hydrogen-bond acceptors (Lipinski definition) is 3. The lowest BCUT2D eigenvalue weighted by Crippen LogP contribution is -2.39. The number of ketones is 1. The van der Waals surface area contributed by atoms with Crippen LogP contribution in [0.1, 0.15) is 11.1 Å². The Morgan fingerprint density at radius 1 is 1.12 bits per heavy atom. The first-order valence-electron chi connectivity index (χ1n) is 7.28. The average Bonchev–Trinajstić information content (AvgIpc) is 2.65. The maximum atomic E-state index is 14.1. The first kappa shape index (κ1) is 16.4. The van der Waals surface area contributed by atoms with Gasteiger partial charge in [0.05, 0.1) is 11.6 Å². The Morgan fingerprint density at radius 3 is 2.54 bits per heavy atom. The van der Waals surface area contributed by atoms with Crippen molar-refractivity contribution < 1.29 is 22.4 Å². The zero-order valence-electron chi connectivity index (χ0n) is 12.5. The molecule has 7 heteroatoms. The molecule has 0 unspecified atom stereocenters. The molecule has 2 N–H and O–H groups in total. The van der Waals surface area contributed by atoms with E-state index in [1.54, 1.807) is 6.07 Å². The van der Waals surface area contributed by atoms with Gasteiger partial charge in [0, 0.05) is 29.9 Å². The number of fused-ring (bicyclic) bond motifs is 1. The Labute approximate surface area is 135 Å². The van der Waals surface area contributed by atoms with Crippen LogP contribution < -0.4 is 10.6 Å². The molecule has 1 heterocycles. The molecule has 1 aliphatic rings. The topological polar surface area (TPSA) is 46.3 Å². The number of Topliss-reactive ketones (excluding diaryl/α,β-unsaturated/α-hetero) is 1. The van der Waals surface area contributed by atoms with E-state index in [4.69, 9.17) is 5.73 Å². The molecule has 1 atom stereocenters. The third-order valence-corrected chi connectivity index (χ3v) is 4.01. The minimum absolute atomic E-state index is 0.0173. The smallest absolute Gasteiger partial charge is 0.339 e. The van der Waals surface area contributed by atoms with Gasteiger partial charge < -0.3 is 10.6 Å². The molecule has 0 aliphatic carbocycles. The van der Waals surface area contributed by atoms with Crippen LogP contribution in [0.15, 0.2) is 42.5 Å². The molecule has 0 amide bonds. The molecule has 0 saturated carbocycles. The lowest BCUT2D eigenvalue weighted by molar-refractivity contribution is -0.137. The Kier molecular flexibility index (Phi) is 4.04. The molecule has 0 radical (unpaired) electrons. The number of nitrogens with zero attached hydrogens (tertiary/aromatic N) is 1. The summed E-state index contributed by atoms with van der Waals surface area (Å²) in [7, 11) is 0. The minimum atomic E-state index is -4.50. The third kappa shape index (κ3) is 2.99. The van der Waals surface area contributed by atoms with Gasteiger partial charge in [-0.2, -0.15) is 13.2 Å². The number of carbonyl (C=O) groups is 1. The highest BCUT2D eigenvalue weighted by molar-refractivity contribution is 5.90. The van der Waals surface area contributed by atoms with Crippen molar-refractivity contribution in [1.29, 1.82) is 0 Å². The first-order valence-corrected chi connectivity index (χ1v) is 7.28. The number of alkyl halides is 3. The summed E-state index contributed by atoms with van der Waals surface area (Å²) in [4.78, 5) is 13.5. The van der Waals surface area contributed by atoms with Crippen LogP contribution in [0.3, 0.4) is 0 Å². The van der Waals surface area contributed by atoms with Crippen LogP contribution in [-0.2, 0) is 17.4 Å². The maximum Gasteiger partial charge on any atom is 0.416 e. The van der Waals surface area contributed by atoms with Crippen molar-refractivity contribution in [2.75, 3.05) is 11.4 Å². The first-order chi connectivity index (χ1) is 11.3. The molecule has 2 aromatic carbocycles. The molecule has 0 aromatic heterocycles. The summed E-state index contributed by atoms with van der Waals surface area (Å²) in [5, 5.41) is 0. The average molecular weight is 338 g/mol. The molecule has 0 saturated heterocycles. The van der Waals surface area contributed by atoms with Gasteiger partial charge in [-0.25, -0.2) is 4.39 Å². The molecule has 3 nitrogen and oxygen atoms in total. The van der Waals surface area contributed by atoms with Gasteiger partial charge in [-0.05, 0) is 30.3 Å². The second kappa shape index (κ2) is 5.90. The Balaban J connectivity index is 2.14. The molecule has 126 valence electrons. The second-order valence-electron chi connectivity index (χ2n) is 5.65. The number of benzene rings is 2. The zero-order valence-corrected chi connectivity index (χ0v) is 12.5. The number of rotatable bonds is 1. The fraction of sp³-hybridized carbons (Fsp3) is 0.235. The molecule has 1 aliphatic heterocycles. The van der Waals surface area contributed by atoms with Gasteiger partial charge in [-0.3, -0.25) is 4.79 Å². The van der Waals surface area contributed by atoms with Crippen molar-refractivity contribution in [3.63, 3.8) is 0 Å². The summed E-state index contributed by atoms with van der Waals surface area (Å²) in [5.41, 5.74) is 5.72. The fourth-order valence-corrected chi connectivity index (χ4v) is 2.77. The molecule has 3 rings (SSSR count). The van der Waals surface area contributed by atoms with Gasteiger partial charge in [-0.15, -0.1) is 0 Å². The highest BCUT2D eigenvalue weighted by Gasteiger charge is 2.32. The lowest BCUT2D eigenvalue weighted by atomic mass is 10.0. The molecular formula is C17H14F4N2O. The van der Waals surface area contributed by atoms with E-state index in [-0.39, 0.29) is 30.0 Å². The van der Waals surface area contributed by atoms with Gasteiger partial charge in [0.15, 0.2) is 5.78 Å². The molecule has 24 heavy (non-hydrogen) atoms. The van der Waals surface area contributed by atoms with Gasteiger partial charge in [0.1, 0.15) is 5.82 Å². The third-order valence-electron chi connectivity index (χ3n) is 4.01. The number of nitrogens with two attached hydrogens (primary N) is 1. The van der Waals surface area contributed by atoms with Crippen molar-refractivity contribution in [2.24, 2.45) is 5.73 Å². The largest absolute Gasteiger partial charge is 0.416 e. The van der Waals surface area contributed by atoms with E-state index < -0.39 is 23.6 Å². The van der Waals surface area contributed by atoms with Gasteiger partial charge in [0.25, 0.3) is 0 Å². The molecule has 0 bridgehead atoms. The van der Waals surface area contributed by atoms with Crippen LogP contribution in [0.2, 0.25) is 0 Å². The summed E-state index contributed by atoms with van der Waals surface area (Å²) in [6.07, 6.45) is -4.68. The van der Waals surface area contributed by atoms with Crippen molar-refractivity contribution in [3.8, 4) is 0 Å². The predicted molar refractivity (Wildman–Crippen MR) is 81.5 cm³/mol. The fourth-order valence-electron chi connectivity index (χ4n) is 2.77. The van der Waals surface area contributed by atoms with Crippen LogP contribution in [-0.4, -0.2) is 18.4 Å². The summed E-state index contributed by atoms with van der Waals surface area (Å²) in [6, 6.07) is 8.01. The Bertz CT molecular complexity index is 788. The standard InChI is InChI=1S/C17H14F4N2O/c18-13-5-2-6-15-12(13)8-16(24)14(22)9-23(15)11-4-1-3-10(7-11)17(19,20)21/h1-7,14H,8-9,22H2/t14-/m0/s1. The van der Waals surface area contributed by atoms with Crippen molar-refractivity contribution in [3.05, 3.63) is 59.4 Å². The normalized spacial score (nSPS) is 18.3. The van der Waals surface area contributed by atoms with E-state index >= 15 is 0 Å². The zero-order chi connectivity index (χ0) is 17.5. The van der Waals surface area contributed by atoms with E-state index in [0.29, 0.717) is 5.69 Å². The van der Waals surface area contributed by atoms with E-state index in [9.17, 15) is 22.4 Å². The van der Waals surface area contributed by atoms with E-state index in [0.717, 1.165) is 12.1 Å². The van der Waals surface area contributed by atoms with Gasteiger partial charge in [0.2, 0.25) is 0 Å². The van der Waals surface area contributed by atoms with Crippen LogP contribution >= 0.6 is 0 Å².